The molecule has 2 aromatic carbocycles. The molecule has 0 atom stereocenters. The van der Waals surface area contributed by atoms with Crippen LogP contribution >= 0.6 is 0 Å². The van der Waals surface area contributed by atoms with Gasteiger partial charge in [-0.2, -0.15) is 13.2 Å². The second-order valence-corrected chi connectivity index (χ2v) is 8.29. The lowest BCUT2D eigenvalue weighted by atomic mass is 10.1. The topological polar surface area (TPSA) is 72.6 Å². The van der Waals surface area contributed by atoms with Crippen LogP contribution in [0.2, 0.25) is 0 Å². The highest BCUT2D eigenvalue weighted by molar-refractivity contribution is 7.92. The molecule has 0 bridgehead atoms. The van der Waals surface area contributed by atoms with Crippen LogP contribution in [0.5, 0.6) is 5.75 Å². The van der Waals surface area contributed by atoms with Gasteiger partial charge in [0.2, 0.25) is 5.89 Å². The molecule has 152 valence electrons. The van der Waals surface area contributed by atoms with E-state index in [0.717, 1.165) is 22.5 Å². The molecule has 3 aromatic rings. The Hall–Kier alpha value is -3.01. The van der Waals surface area contributed by atoms with E-state index in [1.165, 1.54) is 12.3 Å². The molecule has 10 heteroatoms. The molecule has 0 radical (unpaired) electrons. The van der Waals surface area contributed by atoms with Gasteiger partial charge in [-0.25, -0.2) is 13.4 Å². The number of ether oxygens (including phenoxy) is 1. The van der Waals surface area contributed by atoms with Gasteiger partial charge in [0, 0.05) is 5.56 Å². The second kappa shape index (κ2) is 6.80. The minimum atomic E-state index is -4.65. The molecule has 4 rings (SSSR count). The molecule has 0 fully saturated rings. The Labute approximate surface area is 164 Å². The molecule has 2 heterocycles. The highest BCUT2D eigenvalue weighted by atomic mass is 32.2. The Kier molecular flexibility index (Phi) is 4.53. The predicted molar refractivity (Wildman–Crippen MR) is 98.1 cm³/mol. The molecule has 0 N–H and O–H groups in total. The molecule has 29 heavy (non-hydrogen) atoms. The van der Waals surface area contributed by atoms with Crippen LogP contribution in [0.3, 0.4) is 0 Å². The largest absolute Gasteiger partial charge is 0.489 e. The number of fused-ring (bicyclic) bond motifs is 1. The monoisotopic (exact) mass is 424 g/mol. The summed E-state index contributed by atoms with van der Waals surface area (Å²) in [6, 6.07) is 8.46. The number of sulfonamides is 1. The molecule has 0 amide bonds. The molecule has 0 saturated carbocycles. The molecule has 0 saturated heterocycles. The number of alkyl halides is 3. The third kappa shape index (κ3) is 3.55. The Morgan fingerprint density at radius 3 is 2.62 bits per heavy atom. The quantitative estimate of drug-likeness (QED) is 0.628. The first-order chi connectivity index (χ1) is 13.7. The first-order valence-corrected chi connectivity index (χ1v) is 9.99. The van der Waals surface area contributed by atoms with Crippen molar-refractivity contribution in [3.05, 3.63) is 60.0 Å². The number of halogens is 3. The standard InChI is InChI=1S/C19H15F3N2O4S/c1-12-11-28-18(23-12)13-5-6-17-16(9-13)24(7-8-27-17)29(25,26)15-4-2-3-14(10-15)19(20,21)22/h2-6,9-11H,7-8H2,1H3. The minimum absolute atomic E-state index is 0.0420. The number of nitrogens with zero attached hydrogens (tertiary/aromatic N) is 2. The number of hydrogen-bond donors (Lipinski definition) is 0. The zero-order valence-electron chi connectivity index (χ0n) is 15.1. The summed E-state index contributed by atoms with van der Waals surface area (Å²) in [4.78, 5) is 3.77. The molecule has 1 aliphatic heterocycles. The van der Waals surface area contributed by atoms with E-state index in [0.29, 0.717) is 29.0 Å². The fourth-order valence-corrected chi connectivity index (χ4v) is 4.52. The third-order valence-corrected chi connectivity index (χ3v) is 6.20. The molecule has 6 nitrogen and oxygen atoms in total. The summed E-state index contributed by atoms with van der Waals surface area (Å²) in [6.07, 6.45) is -3.19. The number of aryl methyl sites for hydroxylation is 1. The average Bonchev–Trinajstić information content (AvgIpc) is 3.13. The van der Waals surface area contributed by atoms with Crippen molar-refractivity contribution in [1.29, 1.82) is 0 Å². The minimum Gasteiger partial charge on any atom is -0.489 e. The lowest BCUT2D eigenvalue weighted by molar-refractivity contribution is -0.137. The Morgan fingerprint density at radius 2 is 1.93 bits per heavy atom. The SMILES string of the molecule is Cc1coc(-c2ccc3c(c2)N(S(=O)(=O)c2cccc(C(F)(F)F)c2)CCO3)n1. The molecule has 1 aromatic heterocycles. The van der Waals surface area contributed by atoms with Gasteiger partial charge in [0.15, 0.2) is 0 Å². The van der Waals surface area contributed by atoms with Crippen LogP contribution in [-0.4, -0.2) is 26.6 Å². The van der Waals surface area contributed by atoms with Crippen molar-refractivity contribution in [2.75, 3.05) is 17.5 Å². The van der Waals surface area contributed by atoms with Crippen molar-refractivity contribution >= 4 is 15.7 Å². The fraction of sp³-hybridized carbons (Fsp3) is 0.211. The summed E-state index contributed by atoms with van der Waals surface area (Å²) in [5, 5.41) is 0. The number of anilines is 1. The first kappa shape index (κ1) is 19.3. The van der Waals surface area contributed by atoms with Gasteiger partial charge in [0.25, 0.3) is 10.0 Å². The van der Waals surface area contributed by atoms with Gasteiger partial charge in [-0.05, 0) is 43.3 Å². The van der Waals surface area contributed by atoms with E-state index in [-0.39, 0.29) is 18.8 Å². The van der Waals surface area contributed by atoms with Gasteiger partial charge in [0.1, 0.15) is 18.6 Å². The zero-order chi connectivity index (χ0) is 20.8. The molecule has 1 aliphatic rings. The number of oxazole rings is 1. The van der Waals surface area contributed by atoms with E-state index in [2.05, 4.69) is 4.98 Å². The van der Waals surface area contributed by atoms with Gasteiger partial charge in [-0.3, -0.25) is 4.31 Å². The van der Waals surface area contributed by atoms with Gasteiger partial charge in [0.05, 0.1) is 28.4 Å². The van der Waals surface area contributed by atoms with Gasteiger partial charge in [-0.15, -0.1) is 0 Å². The smallest absolute Gasteiger partial charge is 0.416 e. The van der Waals surface area contributed by atoms with E-state index in [1.807, 2.05) is 0 Å². The molecular formula is C19H15F3N2O4S. The van der Waals surface area contributed by atoms with Gasteiger partial charge < -0.3 is 9.15 Å². The number of rotatable bonds is 3. The van der Waals surface area contributed by atoms with Crippen LogP contribution in [-0.2, 0) is 16.2 Å². The molecule has 0 spiro atoms. The van der Waals surface area contributed by atoms with Crippen LogP contribution in [0.4, 0.5) is 18.9 Å². The maximum absolute atomic E-state index is 13.1. The van der Waals surface area contributed by atoms with Crippen molar-refractivity contribution in [3.8, 4) is 17.2 Å². The van der Waals surface area contributed by atoms with Gasteiger partial charge in [-0.1, -0.05) is 6.07 Å². The summed E-state index contributed by atoms with van der Waals surface area (Å²) in [5.74, 6) is 0.603. The van der Waals surface area contributed by atoms with Gasteiger partial charge >= 0.3 is 6.18 Å². The van der Waals surface area contributed by atoms with Crippen molar-refractivity contribution in [1.82, 2.24) is 4.98 Å². The zero-order valence-corrected chi connectivity index (χ0v) is 15.9. The molecule has 0 unspecified atom stereocenters. The van der Waals surface area contributed by atoms with Crippen LogP contribution in [0.15, 0.2) is 58.0 Å². The highest BCUT2D eigenvalue weighted by Gasteiger charge is 2.35. The summed E-state index contributed by atoms with van der Waals surface area (Å²) in [6.45, 7) is 1.78. The third-order valence-electron chi connectivity index (χ3n) is 4.39. The van der Waals surface area contributed by atoms with Crippen molar-refractivity contribution in [3.63, 3.8) is 0 Å². The summed E-state index contributed by atoms with van der Waals surface area (Å²) in [5.41, 5.74) is 0.354. The van der Waals surface area contributed by atoms with E-state index in [1.54, 1.807) is 19.1 Å². The van der Waals surface area contributed by atoms with Crippen LogP contribution < -0.4 is 9.04 Å². The Morgan fingerprint density at radius 1 is 1.14 bits per heavy atom. The van der Waals surface area contributed by atoms with E-state index in [9.17, 15) is 21.6 Å². The highest BCUT2D eigenvalue weighted by Crippen LogP contribution is 2.39. The number of benzene rings is 2. The summed E-state index contributed by atoms with van der Waals surface area (Å²) < 4.78 is 77.3. The Bertz CT molecular complexity index is 1170. The van der Waals surface area contributed by atoms with E-state index in [4.69, 9.17) is 9.15 Å². The van der Waals surface area contributed by atoms with Crippen molar-refractivity contribution < 1.29 is 30.7 Å². The number of aromatic nitrogens is 1. The summed E-state index contributed by atoms with van der Waals surface area (Å²) in [7, 11) is -4.25. The van der Waals surface area contributed by atoms with Crippen LogP contribution in [0.1, 0.15) is 11.3 Å². The maximum atomic E-state index is 13.1. The molecule has 0 aliphatic carbocycles. The lowest BCUT2D eigenvalue weighted by Gasteiger charge is -2.30. The average molecular weight is 424 g/mol. The Balaban J connectivity index is 1.79. The van der Waals surface area contributed by atoms with Crippen LogP contribution in [0, 0.1) is 6.92 Å². The van der Waals surface area contributed by atoms with E-state index < -0.39 is 26.7 Å². The van der Waals surface area contributed by atoms with Crippen LogP contribution in [0.25, 0.3) is 11.5 Å². The number of hydrogen-bond acceptors (Lipinski definition) is 5. The van der Waals surface area contributed by atoms with E-state index >= 15 is 0 Å². The first-order valence-electron chi connectivity index (χ1n) is 8.55. The maximum Gasteiger partial charge on any atom is 0.416 e. The predicted octanol–water partition coefficient (Wildman–Crippen LogP) is 4.26. The normalized spacial score (nSPS) is 14.4. The lowest BCUT2D eigenvalue weighted by Crippen LogP contribution is -2.38. The second-order valence-electron chi connectivity index (χ2n) is 6.43. The molecular weight excluding hydrogens is 409 g/mol. The van der Waals surface area contributed by atoms with Crippen molar-refractivity contribution in [2.45, 2.75) is 18.0 Å². The summed E-state index contributed by atoms with van der Waals surface area (Å²) >= 11 is 0. The van der Waals surface area contributed by atoms with Crippen molar-refractivity contribution in [2.24, 2.45) is 0 Å². The fourth-order valence-electron chi connectivity index (χ4n) is 3.02.